The van der Waals surface area contributed by atoms with Gasteiger partial charge in [0.15, 0.2) is 11.5 Å². The van der Waals surface area contributed by atoms with Gasteiger partial charge in [0.1, 0.15) is 11.3 Å². The summed E-state index contributed by atoms with van der Waals surface area (Å²) in [6.45, 7) is 0. The molecule has 0 unspecified atom stereocenters. The average molecular weight is 283 g/mol. The zero-order valence-corrected chi connectivity index (χ0v) is 9.80. The van der Waals surface area contributed by atoms with E-state index in [2.05, 4.69) is 4.98 Å². The van der Waals surface area contributed by atoms with Crippen molar-refractivity contribution in [3.8, 4) is 0 Å². The minimum absolute atomic E-state index is 0.0195. The summed E-state index contributed by atoms with van der Waals surface area (Å²) in [5, 5.41) is -0.0492. The second-order valence-corrected chi connectivity index (χ2v) is 4.29. The van der Waals surface area contributed by atoms with Crippen molar-refractivity contribution in [2.45, 2.75) is 6.18 Å². The molecule has 3 rings (SSSR count). The largest absolute Gasteiger partial charge is 0.433 e. The van der Waals surface area contributed by atoms with Crippen molar-refractivity contribution < 1.29 is 22.0 Å². The van der Waals surface area contributed by atoms with Gasteiger partial charge in [-0.15, -0.1) is 0 Å². The van der Waals surface area contributed by atoms with Gasteiger partial charge in [0.05, 0.1) is 0 Å². The van der Waals surface area contributed by atoms with E-state index in [4.69, 9.17) is 0 Å². The van der Waals surface area contributed by atoms with Crippen molar-refractivity contribution in [2.75, 3.05) is 0 Å². The van der Waals surface area contributed by atoms with Gasteiger partial charge in [-0.25, -0.2) is 13.8 Å². The molecule has 2 aromatic carbocycles. The Hall–Kier alpha value is -2.24. The molecule has 0 aliphatic heterocycles. The maximum absolute atomic E-state index is 13.7. The van der Waals surface area contributed by atoms with Gasteiger partial charge < -0.3 is 0 Å². The van der Waals surface area contributed by atoms with Crippen LogP contribution in [-0.4, -0.2) is 4.98 Å². The first-order chi connectivity index (χ1) is 9.38. The predicted molar refractivity (Wildman–Crippen MR) is 64.2 cm³/mol. The third-order valence-corrected chi connectivity index (χ3v) is 2.99. The fourth-order valence-corrected chi connectivity index (χ4v) is 2.20. The topological polar surface area (TPSA) is 12.9 Å². The van der Waals surface area contributed by atoms with E-state index >= 15 is 0 Å². The second kappa shape index (κ2) is 4.13. The van der Waals surface area contributed by atoms with Crippen molar-refractivity contribution in [1.82, 2.24) is 4.98 Å². The van der Waals surface area contributed by atoms with Gasteiger partial charge in [-0.2, -0.15) is 13.2 Å². The standard InChI is InChI=1S/C14H6F5N/c15-7-5-10-8-3-1-2-4-9(8)13(14(17,18)19)20-12(10)11(16)6-7/h1-6H. The van der Waals surface area contributed by atoms with Crippen molar-refractivity contribution >= 4 is 21.7 Å². The van der Waals surface area contributed by atoms with Crippen molar-refractivity contribution in [1.29, 1.82) is 0 Å². The molecule has 0 radical (unpaired) electrons. The van der Waals surface area contributed by atoms with Crippen molar-refractivity contribution in [2.24, 2.45) is 0 Å². The monoisotopic (exact) mass is 283 g/mol. The number of halogens is 5. The lowest BCUT2D eigenvalue weighted by molar-refractivity contribution is -0.139. The normalized spacial score (nSPS) is 12.2. The van der Waals surface area contributed by atoms with Gasteiger partial charge in [-0.05, 0) is 11.5 Å². The third-order valence-electron chi connectivity index (χ3n) is 2.99. The van der Waals surface area contributed by atoms with Crippen molar-refractivity contribution in [3.05, 3.63) is 53.7 Å². The summed E-state index contributed by atoms with van der Waals surface area (Å²) in [4.78, 5) is 3.35. The molecule has 1 nitrogen and oxygen atoms in total. The first-order valence-corrected chi connectivity index (χ1v) is 5.62. The van der Waals surface area contributed by atoms with Crippen LogP contribution in [0.15, 0.2) is 36.4 Å². The smallest absolute Gasteiger partial charge is 0.240 e. The molecule has 102 valence electrons. The molecule has 3 aromatic rings. The SMILES string of the molecule is Fc1cc(F)c2nc(C(F)(F)F)c3ccccc3c2c1. The lowest BCUT2D eigenvalue weighted by Gasteiger charge is -2.12. The van der Waals surface area contributed by atoms with Crippen LogP contribution in [0.1, 0.15) is 5.69 Å². The van der Waals surface area contributed by atoms with Gasteiger partial charge in [-0.1, -0.05) is 24.3 Å². The van der Waals surface area contributed by atoms with Gasteiger partial charge >= 0.3 is 6.18 Å². The van der Waals surface area contributed by atoms with E-state index in [1.165, 1.54) is 24.3 Å². The lowest BCUT2D eigenvalue weighted by atomic mass is 10.0. The Morgan fingerprint density at radius 2 is 1.50 bits per heavy atom. The zero-order chi connectivity index (χ0) is 14.5. The van der Waals surface area contributed by atoms with E-state index in [9.17, 15) is 22.0 Å². The van der Waals surface area contributed by atoms with Crippen LogP contribution in [0, 0.1) is 11.6 Å². The Kier molecular flexibility index (Phi) is 2.64. The Morgan fingerprint density at radius 3 is 2.15 bits per heavy atom. The maximum Gasteiger partial charge on any atom is 0.433 e. The summed E-state index contributed by atoms with van der Waals surface area (Å²) in [7, 11) is 0. The highest BCUT2D eigenvalue weighted by atomic mass is 19.4. The fourth-order valence-electron chi connectivity index (χ4n) is 2.20. The van der Waals surface area contributed by atoms with Crippen LogP contribution < -0.4 is 0 Å². The molecule has 0 fully saturated rings. The van der Waals surface area contributed by atoms with E-state index < -0.39 is 29.0 Å². The number of benzene rings is 2. The van der Waals surface area contributed by atoms with Gasteiger partial charge in [0.25, 0.3) is 0 Å². The second-order valence-electron chi connectivity index (χ2n) is 4.29. The average Bonchev–Trinajstić information content (AvgIpc) is 2.36. The van der Waals surface area contributed by atoms with E-state index in [1.54, 1.807) is 0 Å². The summed E-state index contributed by atoms with van der Waals surface area (Å²) in [6, 6.07) is 7.03. The number of nitrogens with zero attached hydrogens (tertiary/aromatic N) is 1. The summed E-state index contributed by atoms with van der Waals surface area (Å²) >= 11 is 0. The molecule has 0 bridgehead atoms. The third kappa shape index (κ3) is 1.88. The molecule has 0 saturated heterocycles. The van der Waals surface area contributed by atoms with Gasteiger partial charge in [0.2, 0.25) is 0 Å². The summed E-state index contributed by atoms with van der Waals surface area (Å²) in [5.41, 5.74) is -1.66. The minimum atomic E-state index is -4.71. The number of alkyl halides is 3. The summed E-state index contributed by atoms with van der Waals surface area (Å²) in [5.74, 6) is -1.97. The molecule has 0 amide bonds. The van der Waals surface area contributed by atoms with E-state index in [1.807, 2.05) is 0 Å². The zero-order valence-electron chi connectivity index (χ0n) is 9.80. The molecule has 0 aliphatic rings. The highest BCUT2D eigenvalue weighted by molar-refractivity contribution is 6.06. The number of rotatable bonds is 0. The highest BCUT2D eigenvalue weighted by Crippen LogP contribution is 2.37. The first kappa shape index (κ1) is 12.8. The Bertz CT molecular complexity index is 823. The maximum atomic E-state index is 13.7. The number of hydrogen-bond donors (Lipinski definition) is 0. The van der Waals surface area contributed by atoms with Gasteiger partial charge in [-0.3, -0.25) is 0 Å². The highest BCUT2D eigenvalue weighted by Gasteiger charge is 2.35. The molecular formula is C14H6F5N. The lowest BCUT2D eigenvalue weighted by Crippen LogP contribution is -2.09. The van der Waals surface area contributed by atoms with Crippen LogP contribution >= 0.6 is 0 Å². The number of fused-ring (bicyclic) bond motifs is 3. The first-order valence-electron chi connectivity index (χ1n) is 5.62. The summed E-state index contributed by atoms with van der Waals surface area (Å²) < 4.78 is 65.9. The fraction of sp³-hybridized carbons (Fsp3) is 0.0714. The Morgan fingerprint density at radius 1 is 0.850 bits per heavy atom. The van der Waals surface area contributed by atoms with Crippen molar-refractivity contribution in [3.63, 3.8) is 0 Å². The molecule has 0 atom stereocenters. The van der Waals surface area contributed by atoms with Crippen LogP contribution in [0.25, 0.3) is 21.7 Å². The predicted octanol–water partition coefficient (Wildman–Crippen LogP) is 4.69. The van der Waals surface area contributed by atoms with Crippen LogP contribution in [0.2, 0.25) is 0 Å². The van der Waals surface area contributed by atoms with Crippen LogP contribution in [0.4, 0.5) is 22.0 Å². The number of hydrogen-bond acceptors (Lipinski definition) is 1. The summed E-state index contributed by atoms with van der Waals surface area (Å²) in [6.07, 6.45) is -4.71. The van der Waals surface area contributed by atoms with E-state index in [0.717, 1.165) is 6.07 Å². The molecule has 0 spiro atoms. The number of aromatic nitrogens is 1. The molecule has 6 heteroatoms. The Balaban J connectivity index is 2.59. The molecule has 1 heterocycles. The molecule has 0 saturated carbocycles. The van der Waals surface area contributed by atoms with E-state index in [-0.39, 0.29) is 16.2 Å². The van der Waals surface area contributed by atoms with Crippen LogP contribution in [0.3, 0.4) is 0 Å². The molecule has 0 N–H and O–H groups in total. The van der Waals surface area contributed by atoms with Crippen LogP contribution in [-0.2, 0) is 6.18 Å². The molecule has 20 heavy (non-hydrogen) atoms. The number of pyridine rings is 1. The molecular weight excluding hydrogens is 277 g/mol. The molecule has 0 aliphatic carbocycles. The Labute approximate surface area is 109 Å². The van der Waals surface area contributed by atoms with E-state index in [0.29, 0.717) is 6.07 Å². The minimum Gasteiger partial charge on any atom is -0.240 e. The van der Waals surface area contributed by atoms with Gasteiger partial charge in [0, 0.05) is 16.8 Å². The quantitative estimate of drug-likeness (QED) is 0.431. The molecule has 1 aromatic heterocycles. The van der Waals surface area contributed by atoms with Crippen LogP contribution in [0.5, 0.6) is 0 Å².